The van der Waals surface area contributed by atoms with Crippen LogP contribution in [0, 0.1) is 13.8 Å². The fourth-order valence-electron chi connectivity index (χ4n) is 1.58. The van der Waals surface area contributed by atoms with Crippen LogP contribution in [0.5, 0.6) is 0 Å². The summed E-state index contributed by atoms with van der Waals surface area (Å²) in [7, 11) is 0. The van der Waals surface area contributed by atoms with E-state index in [1.54, 1.807) is 11.3 Å². The summed E-state index contributed by atoms with van der Waals surface area (Å²) in [6, 6.07) is 0. The predicted molar refractivity (Wildman–Crippen MR) is 94.5 cm³/mol. The van der Waals surface area contributed by atoms with Crippen LogP contribution in [0.15, 0.2) is 4.99 Å². The molecule has 0 fully saturated rings. The van der Waals surface area contributed by atoms with Crippen LogP contribution in [-0.4, -0.2) is 17.5 Å². The van der Waals surface area contributed by atoms with E-state index in [0.29, 0.717) is 12.5 Å². The van der Waals surface area contributed by atoms with E-state index in [1.165, 1.54) is 24.1 Å². The molecule has 0 saturated carbocycles. The number of halogens is 1. The average Bonchev–Trinajstić information content (AvgIpc) is 2.66. The molecule has 1 rings (SSSR count). The number of aromatic nitrogens is 1. The first kappa shape index (κ1) is 18.6. The molecule has 0 aromatic carbocycles. The van der Waals surface area contributed by atoms with Crippen molar-refractivity contribution in [2.75, 3.05) is 6.54 Å². The molecule has 0 spiro atoms. The van der Waals surface area contributed by atoms with Crippen molar-refractivity contribution in [2.45, 2.75) is 53.0 Å². The smallest absolute Gasteiger partial charge is 0.189 e. The lowest BCUT2D eigenvalue weighted by Gasteiger charge is -2.04. The number of nitrogens with zero attached hydrogens (tertiary/aromatic N) is 2. The van der Waals surface area contributed by atoms with Gasteiger partial charge in [-0.1, -0.05) is 26.2 Å². The molecule has 1 aromatic heterocycles. The number of hydrogen-bond acceptors (Lipinski definition) is 3. The quantitative estimate of drug-likeness (QED) is 0.322. The van der Waals surface area contributed by atoms with Gasteiger partial charge in [-0.25, -0.2) is 9.98 Å². The fourth-order valence-corrected chi connectivity index (χ4v) is 2.44. The van der Waals surface area contributed by atoms with Crippen LogP contribution in [0.1, 0.15) is 48.2 Å². The third-order valence-electron chi connectivity index (χ3n) is 2.79. The highest BCUT2D eigenvalue weighted by Crippen LogP contribution is 2.16. The van der Waals surface area contributed by atoms with E-state index in [4.69, 9.17) is 5.73 Å². The molecule has 0 unspecified atom stereocenters. The number of nitrogens with two attached hydrogens (primary N) is 1. The maximum Gasteiger partial charge on any atom is 0.189 e. The lowest BCUT2D eigenvalue weighted by molar-refractivity contribution is 0.652. The molecule has 0 radical (unpaired) electrons. The number of aryl methyl sites for hydroxylation is 2. The molecule has 0 aliphatic rings. The van der Waals surface area contributed by atoms with Gasteiger partial charge >= 0.3 is 0 Å². The Morgan fingerprint density at radius 1 is 1.32 bits per heavy atom. The summed E-state index contributed by atoms with van der Waals surface area (Å²) in [6.07, 6.45) is 4.95. The number of unbranched alkanes of at least 4 members (excludes halogenated alkanes) is 3. The van der Waals surface area contributed by atoms with Gasteiger partial charge in [-0.2, -0.15) is 0 Å². The Hall–Kier alpha value is -0.370. The van der Waals surface area contributed by atoms with Gasteiger partial charge in [0, 0.05) is 11.4 Å². The maximum atomic E-state index is 5.80. The van der Waals surface area contributed by atoms with Gasteiger partial charge in [0.15, 0.2) is 5.96 Å². The predicted octanol–water partition coefficient (Wildman–Crippen LogP) is 3.36. The fraction of sp³-hybridized carbons (Fsp3) is 0.692. The van der Waals surface area contributed by atoms with Crippen LogP contribution >= 0.6 is 35.3 Å². The van der Waals surface area contributed by atoms with Gasteiger partial charge in [-0.05, 0) is 20.3 Å². The van der Waals surface area contributed by atoms with E-state index < -0.39 is 0 Å². The van der Waals surface area contributed by atoms with Crippen molar-refractivity contribution >= 4 is 41.3 Å². The van der Waals surface area contributed by atoms with Crippen LogP contribution in [0.3, 0.4) is 0 Å². The molecular formula is C13H25IN4S. The van der Waals surface area contributed by atoms with E-state index in [-0.39, 0.29) is 24.0 Å². The second-order valence-corrected chi connectivity index (χ2v) is 5.73. The molecule has 0 bridgehead atoms. The lowest BCUT2D eigenvalue weighted by Crippen LogP contribution is -2.32. The number of thiazole rings is 1. The number of nitrogens with one attached hydrogen (secondary N) is 1. The van der Waals surface area contributed by atoms with Gasteiger partial charge in [0.1, 0.15) is 5.01 Å². The van der Waals surface area contributed by atoms with Crippen molar-refractivity contribution in [2.24, 2.45) is 10.7 Å². The number of aliphatic imine (C=N–C) groups is 1. The normalized spacial score (nSPS) is 11.2. The first-order chi connectivity index (χ1) is 8.63. The van der Waals surface area contributed by atoms with E-state index in [9.17, 15) is 0 Å². The maximum absolute atomic E-state index is 5.80. The van der Waals surface area contributed by atoms with Crippen molar-refractivity contribution in [3.63, 3.8) is 0 Å². The zero-order valence-electron chi connectivity index (χ0n) is 12.0. The van der Waals surface area contributed by atoms with Gasteiger partial charge in [0.25, 0.3) is 0 Å². The zero-order valence-corrected chi connectivity index (χ0v) is 15.2. The standard InChI is InChI=1S/C13H24N4S.HI/c1-4-5-6-7-8-15-13(14)16-9-12-17-10(2)11(3)18-12;/h4-9H2,1-3H3,(H3,14,15,16);1H. The molecule has 0 atom stereocenters. The van der Waals surface area contributed by atoms with Crippen LogP contribution in [-0.2, 0) is 6.54 Å². The Bertz CT molecular complexity index is 370. The van der Waals surface area contributed by atoms with E-state index in [2.05, 4.69) is 29.1 Å². The summed E-state index contributed by atoms with van der Waals surface area (Å²) in [5.74, 6) is 0.525. The third-order valence-corrected chi connectivity index (χ3v) is 3.85. The minimum absolute atomic E-state index is 0. The number of hydrogen-bond donors (Lipinski definition) is 2. The van der Waals surface area contributed by atoms with Crippen LogP contribution in [0.4, 0.5) is 0 Å². The molecule has 0 saturated heterocycles. The van der Waals surface area contributed by atoms with Crippen molar-refractivity contribution in [1.29, 1.82) is 0 Å². The van der Waals surface area contributed by atoms with Crippen molar-refractivity contribution in [3.05, 3.63) is 15.6 Å². The molecular weight excluding hydrogens is 371 g/mol. The topological polar surface area (TPSA) is 63.3 Å². The second-order valence-electron chi connectivity index (χ2n) is 4.44. The molecule has 1 heterocycles. The molecule has 0 aliphatic heterocycles. The number of guanidine groups is 1. The van der Waals surface area contributed by atoms with Gasteiger partial charge in [-0.3, -0.25) is 0 Å². The van der Waals surface area contributed by atoms with Gasteiger partial charge < -0.3 is 11.1 Å². The van der Waals surface area contributed by atoms with E-state index >= 15 is 0 Å². The SMILES string of the molecule is CCCCCCNC(N)=NCc1nc(C)c(C)s1.I. The first-order valence-corrected chi connectivity index (χ1v) is 7.41. The monoisotopic (exact) mass is 396 g/mol. The van der Waals surface area contributed by atoms with E-state index in [0.717, 1.165) is 23.7 Å². The molecule has 6 heteroatoms. The molecule has 19 heavy (non-hydrogen) atoms. The Labute approximate surface area is 137 Å². The highest BCUT2D eigenvalue weighted by molar-refractivity contribution is 14.0. The highest BCUT2D eigenvalue weighted by atomic mass is 127. The van der Waals surface area contributed by atoms with Crippen molar-refractivity contribution in [1.82, 2.24) is 10.3 Å². The Morgan fingerprint density at radius 2 is 2.05 bits per heavy atom. The summed E-state index contributed by atoms with van der Waals surface area (Å²) < 4.78 is 0. The third kappa shape index (κ3) is 7.71. The Balaban J connectivity index is 0.00000324. The van der Waals surface area contributed by atoms with Crippen molar-refractivity contribution < 1.29 is 0 Å². The molecule has 0 amide bonds. The molecule has 3 N–H and O–H groups in total. The van der Waals surface area contributed by atoms with Crippen LogP contribution in [0.2, 0.25) is 0 Å². The van der Waals surface area contributed by atoms with Gasteiger partial charge in [0.05, 0.1) is 12.2 Å². The first-order valence-electron chi connectivity index (χ1n) is 6.60. The highest BCUT2D eigenvalue weighted by Gasteiger charge is 2.02. The summed E-state index contributed by atoms with van der Waals surface area (Å²) >= 11 is 1.69. The largest absolute Gasteiger partial charge is 0.370 e. The van der Waals surface area contributed by atoms with Gasteiger partial charge in [-0.15, -0.1) is 35.3 Å². The van der Waals surface area contributed by atoms with Crippen molar-refractivity contribution in [3.8, 4) is 0 Å². The summed E-state index contributed by atoms with van der Waals surface area (Å²) in [6.45, 7) is 7.80. The van der Waals surface area contributed by atoms with E-state index in [1.807, 2.05) is 6.92 Å². The summed E-state index contributed by atoms with van der Waals surface area (Å²) in [5.41, 5.74) is 6.89. The Kier molecular flexibility index (Phi) is 10.2. The minimum atomic E-state index is 0. The van der Waals surface area contributed by atoms with Gasteiger partial charge in [0.2, 0.25) is 0 Å². The minimum Gasteiger partial charge on any atom is -0.370 e. The molecule has 110 valence electrons. The van der Waals surface area contributed by atoms with Crippen LogP contribution < -0.4 is 11.1 Å². The molecule has 0 aliphatic carbocycles. The molecule has 1 aromatic rings. The van der Waals surface area contributed by atoms with Crippen LogP contribution in [0.25, 0.3) is 0 Å². The summed E-state index contributed by atoms with van der Waals surface area (Å²) in [5, 5.41) is 4.17. The average molecular weight is 396 g/mol. The Morgan fingerprint density at radius 3 is 2.63 bits per heavy atom. The number of rotatable bonds is 7. The second kappa shape index (κ2) is 10.4. The lowest BCUT2D eigenvalue weighted by atomic mass is 10.2. The molecule has 4 nitrogen and oxygen atoms in total. The summed E-state index contributed by atoms with van der Waals surface area (Å²) in [4.78, 5) is 9.98. The zero-order chi connectivity index (χ0) is 13.4.